The summed E-state index contributed by atoms with van der Waals surface area (Å²) in [4.78, 5) is 23.9. The Bertz CT molecular complexity index is 1500. The van der Waals surface area contributed by atoms with Gasteiger partial charge in [-0.05, 0) is 92.0 Å². The van der Waals surface area contributed by atoms with Crippen LogP contribution in [0.25, 0.3) is 33.5 Å². The molecule has 0 spiro atoms. The molecule has 0 aliphatic rings. The number of hydrogen-bond donors (Lipinski definition) is 1. The lowest BCUT2D eigenvalue weighted by atomic mass is 10.0. The molecule has 0 aliphatic carbocycles. The van der Waals surface area contributed by atoms with Crippen molar-refractivity contribution in [1.82, 2.24) is 15.3 Å². The molecule has 5 aromatic rings. The van der Waals surface area contributed by atoms with E-state index in [0.717, 1.165) is 38.9 Å². The molecule has 7 heteroatoms. The van der Waals surface area contributed by atoms with Gasteiger partial charge in [0.1, 0.15) is 11.5 Å². The molecule has 0 aliphatic heterocycles. The molecule has 0 saturated carbocycles. The van der Waals surface area contributed by atoms with Crippen LogP contribution >= 0.6 is 11.3 Å². The van der Waals surface area contributed by atoms with Crippen LogP contribution in [0.5, 0.6) is 11.5 Å². The van der Waals surface area contributed by atoms with Gasteiger partial charge in [0.2, 0.25) is 0 Å². The molecule has 2 aromatic heterocycles. The molecule has 5 rings (SSSR count). The highest BCUT2D eigenvalue weighted by molar-refractivity contribution is 7.09. The van der Waals surface area contributed by atoms with E-state index in [4.69, 9.17) is 19.4 Å². The summed E-state index contributed by atoms with van der Waals surface area (Å²) in [6.07, 6.45) is 0. The second kappa shape index (κ2) is 11.2. The normalized spacial score (nSPS) is 10.9. The van der Waals surface area contributed by atoms with Crippen molar-refractivity contribution in [2.24, 2.45) is 0 Å². The topological polar surface area (TPSA) is 73.3 Å². The molecule has 0 unspecified atom stereocenters. The molecule has 0 radical (unpaired) electrons. The smallest absolute Gasteiger partial charge is 0.251 e. The highest BCUT2D eigenvalue weighted by Crippen LogP contribution is 2.33. The van der Waals surface area contributed by atoms with Crippen LogP contribution in [0.15, 0.2) is 84.2 Å². The Kier molecular flexibility index (Phi) is 7.42. The van der Waals surface area contributed by atoms with Crippen LogP contribution in [0, 0.1) is 0 Å². The van der Waals surface area contributed by atoms with Gasteiger partial charge in [-0.3, -0.25) is 4.79 Å². The van der Waals surface area contributed by atoms with E-state index >= 15 is 0 Å². The highest BCUT2D eigenvalue weighted by Gasteiger charge is 2.15. The van der Waals surface area contributed by atoms with Gasteiger partial charge in [0.05, 0.1) is 42.2 Å². The van der Waals surface area contributed by atoms with Crippen molar-refractivity contribution in [3.8, 4) is 34.0 Å². The van der Waals surface area contributed by atoms with Gasteiger partial charge in [0.15, 0.2) is 0 Å². The summed E-state index contributed by atoms with van der Waals surface area (Å²) >= 11 is 1.62. The minimum atomic E-state index is -0.143. The van der Waals surface area contributed by atoms with Crippen LogP contribution < -0.4 is 14.8 Å². The first-order valence-corrected chi connectivity index (χ1v) is 13.1. The quantitative estimate of drug-likeness (QED) is 0.238. The van der Waals surface area contributed by atoms with Crippen molar-refractivity contribution in [3.63, 3.8) is 0 Å². The van der Waals surface area contributed by atoms with Gasteiger partial charge >= 0.3 is 0 Å². The lowest BCUT2D eigenvalue weighted by Gasteiger charge is -2.13. The lowest BCUT2D eigenvalue weighted by Crippen LogP contribution is -2.22. The number of hydrogen-bond acceptors (Lipinski definition) is 6. The third-order valence-corrected chi connectivity index (χ3v) is 6.68. The van der Waals surface area contributed by atoms with Crippen molar-refractivity contribution in [2.75, 3.05) is 13.2 Å². The van der Waals surface area contributed by atoms with Gasteiger partial charge in [-0.25, -0.2) is 9.97 Å². The summed E-state index contributed by atoms with van der Waals surface area (Å²) in [7, 11) is 0. The van der Waals surface area contributed by atoms with Crippen molar-refractivity contribution >= 4 is 28.3 Å². The van der Waals surface area contributed by atoms with Gasteiger partial charge in [-0.15, -0.1) is 11.3 Å². The first-order chi connectivity index (χ1) is 18.1. The predicted molar refractivity (Wildman–Crippen MR) is 148 cm³/mol. The van der Waals surface area contributed by atoms with E-state index in [2.05, 4.69) is 5.32 Å². The van der Waals surface area contributed by atoms with Crippen molar-refractivity contribution in [3.05, 3.63) is 94.7 Å². The van der Waals surface area contributed by atoms with E-state index in [1.807, 2.05) is 86.0 Å². The number of carbonyl (C=O) groups excluding carboxylic acids is 1. The molecule has 0 saturated heterocycles. The minimum Gasteiger partial charge on any atom is -0.494 e. The Balaban J connectivity index is 1.54. The first kappa shape index (κ1) is 24.5. The SMILES string of the molecule is CCOc1ccc(-c2nc3ccc(C(=O)NCc4cccs4)cc3nc2-c2ccc(OCC)cc2)cc1. The molecular formula is C30H27N3O3S. The molecule has 2 heterocycles. The monoisotopic (exact) mass is 509 g/mol. The molecule has 186 valence electrons. The summed E-state index contributed by atoms with van der Waals surface area (Å²) in [6, 6.07) is 25.1. The first-order valence-electron chi connectivity index (χ1n) is 12.2. The summed E-state index contributed by atoms with van der Waals surface area (Å²) in [5.74, 6) is 1.46. The average Bonchev–Trinajstić information content (AvgIpc) is 3.46. The maximum atomic E-state index is 12.8. The molecule has 0 bridgehead atoms. The van der Waals surface area contributed by atoms with Gasteiger partial charge in [-0.2, -0.15) is 0 Å². The van der Waals surface area contributed by atoms with E-state index < -0.39 is 0 Å². The molecule has 1 N–H and O–H groups in total. The Morgan fingerprint density at radius 3 is 1.92 bits per heavy atom. The third-order valence-electron chi connectivity index (χ3n) is 5.81. The van der Waals surface area contributed by atoms with E-state index in [-0.39, 0.29) is 5.91 Å². The number of fused-ring (bicyclic) bond motifs is 1. The van der Waals surface area contributed by atoms with E-state index in [1.165, 1.54) is 0 Å². The zero-order valence-corrected chi connectivity index (χ0v) is 21.5. The second-order valence-electron chi connectivity index (χ2n) is 8.30. The largest absolute Gasteiger partial charge is 0.494 e. The van der Waals surface area contributed by atoms with Crippen molar-refractivity contribution in [2.45, 2.75) is 20.4 Å². The zero-order chi connectivity index (χ0) is 25.6. The van der Waals surface area contributed by atoms with Gasteiger partial charge in [0.25, 0.3) is 5.91 Å². The van der Waals surface area contributed by atoms with Gasteiger partial charge in [-0.1, -0.05) is 6.07 Å². The van der Waals surface area contributed by atoms with Crippen molar-refractivity contribution < 1.29 is 14.3 Å². The molecule has 3 aromatic carbocycles. The summed E-state index contributed by atoms with van der Waals surface area (Å²) in [6.45, 7) is 5.62. The van der Waals surface area contributed by atoms with E-state index in [0.29, 0.717) is 36.4 Å². The maximum Gasteiger partial charge on any atom is 0.251 e. The Labute approximate surface area is 219 Å². The fraction of sp³-hybridized carbons (Fsp3) is 0.167. The van der Waals surface area contributed by atoms with Gasteiger partial charge < -0.3 is 14.8 Å². The number of benzene rings is 3. The number of thiophene rings is 1. The summed E-state index contributed by atoms with van der Waals surface area (Å²) < 4.78 is 11.2. The molecular weight excluding hydrogens is 482 g/mol. The van der Waals surface area contributed by atoms with Crippen molar-refractivity contribution in [1.29, 1.82) is 0 Å². The predicted octanol–water partition coefficient (Wildman–Crippen LogP) is 6.75. The number of nitrogens with zero attached hydrogens (tertiary/aromatic N) is 2. The van der Waals surface area contributed by atoms with Crippen LogP contribution in [0.2, 0.25) is 0 Å². The molecule has 0 fully saturated rings. The Morgan fingerprint density at radius 1 is 0.784 bits per heavy atom. The number of aromatic nitrogens is 2. The fourth-order valence-electron chi connectivity index (χ4n) is 4.03. The molecule has 0 atom stereocenters. The molecule has 6 nitrogen and oxygen atoms in total. The van der Waals surface area contributed by atoms with Crippen LogP contribution in [0.4, 0.5) is 0 Å². The zero-order valence-electron chi connectivity index (χ0n) is 20.7. The van der Waals surface area contributed by atoms with Crippen LogP contribution in [-0.2, 0) is 6.54 Å². The van der Waals surface area contributed by atoms with E-state index in [9.17, 15) is 4.79 Å². The molecule has 37 heavy (non-hydrogen) atoms. The standard InChI is InChI=1S/C30H27N3O3S/c1-3-35-23-12-7-20(8-13-23)28-29(21-9-14-24(15-10-21)36-4-2)33-27-18-22(11-16-26(27)32-28)30(34)31-19-25-6-5-17-37-25/h5-18H,3-4,19H2,1-2H3,(H,31,34). The number of ether oxygens (including phenoxy) is 2. The lowest BCUT2D eigenvalue weighted by molar-refractivity contribution is 0.0951. The second-order valence-corrected chi connectivity index (χ2v) is 9.33. The maximum absolute atomic E-state index is 12.8. The van der Waals surface area contributed by atoms with Gasteiger partial charge in [0, 0.05) is 21.6 Å². The number of nitrogens with one attached hydrogen (secondary N) is 1. The minimum absolute atomic E-state index is 0.143. The summed E-state index contributed by atoms with van der Waals surface area (Å²) in [5.41, 5.74) is 5.25. The average molecular weight is 510 g/mol. The summed E-state index contributed by atoms with van der Waals surface area (Å²) in [5, 5.41) is 4.98. The third kappa shape index (κ3) is 5.62. The van der Waals surface area contributed by atoms with Crippen LogP contribution in [0.3, 0.4) is 0 Å². The Morgan fingerprint density at radius 2 is 1.38 bits per heavy atom. The highest BCUT2D eigenvalue weighted by atomic mass is 32.1. The fourth-order valence-corrected chi connectivity index (χ4v) is 4.68. The number of carbonyl (C=O) groups is 1. The van der Waals surface area contributed by atoms with Crippen LogP contribution in [0.1, 0.15) is 29.1 Å². The van der Waals surface area contributed by atoms with Crippen LogP contribution in [-0.4, -0.2) is 29.1 Å². The number of rotatable bonds is 9. The number of amides is 1. The Hall–Kier alpha value is -4.23. The molecule has 1 amide bonds. The van der Waals surface area contributed by atoms with E-state index in [1.54, 1.807) is 23.5 Å².